The number of hydrogen-bond acceptors (Lipinski definition) is 5. The average Bonchev–Trinajstić information content (AvgIpc) is 2.68. The van der Waals surface area contributed by atoms with E-state index in [1.165, 1.54) is 11.1 Å². The standard InChI is InChI=1S/C22H29N3O2/c1-5-15-23-26-21-11-7-19(8-12-21)16-25(4)17-20-9-13-22(14-10-20)27-24-18(3)6-2/h7-15H,5-6,16-17H2,1-4H3/b23-15+,24-18+. The summed E-state index contributed by atoms with van der Waals surface area (Å²) in [5.74, 6) is 1.51. The van der Waals surface area contributed by atoms with E-state index in [4.69, 9.17) is 9.68 Å². The van der Waals surface area contributed by atoms with Crippen LogP contribution in [0.15, 0.2) is 58.8 Å². The average molecular weight is 367 g/mol. The molecule has 0 aromatic heterocycles. The first-order valence-electron chi connectivity index (χ1n) is 9.36. The predicted molar refractivity (Wildman–Crippen MR) is 111 cm³/mol. The van der Waals surface area contributed by atoms with Crippen molar-refractivity contribution in [3.63, 3.8) is 0 Å². The van der Waals surface area contributed by atoms with E-state index in [9.17, 15) is 0 Å². The van der Waals surface area contributed by atoms with Crippen LogP contribution in [0.25, 0.3) is 0 Å². The molecule has 0 spiro atoms. The molecule has 2 rings (SSSR count). The summed E-state index contributed by atoms with van der Waals surface area (Å²) in [7, 11) is 2.11. The molecule has 0 bridgehead atoms. The number of hydrogen-bond donors (Lipinski definition) is 0. The van der Waals surface area contributed by atoms with Crippen molar-refractivity contribution < 1.29 is 9.68 Å². The largest absolute Gasteiger partial charge is 0.357 e. The Balaban J connectivity index is 1.84. The Kier molecular flexibility index (Phi) is 8.52. The highest BCUT2D eigenvalue weighted by Crippen LogP contribution is 2.16. The molecule has 0 saturated heterocycles. The Morgan fingerprint density at radius 1 is 0.889 bits per heavy atom. The van der Waals surface area contributed by atoms with E-state index in [1.807, 2.05) is 38.1 Å². The zero-order valence-corrected chi connectivity index (χ0v) is 16.7. The third-order valence-electron chi connectivity index (χ3n) is 3.99. The molecule has 0 saturated carbocycles. The van der Waals surface area contributed by atoms with Gasteiger partial charge in [0.1, 0.15) is 0 Å². The molecule has 0 heterocycles. The molecule has 2 aromatic carbocycles. The summed E-state index contributed by atoms with van der Waals surface area (Å²) >= 11 is 0. The van der Waals surface area contributed by atoms with E-state index in [1.54, 1.807) is 6.21 Å². The van der Waals surface area contributed by atoms with E-state index in [0.29, 0.717) is 0 Å². The number of benzene rings is 2. The van der Waals surface area contributed by atoms with Crippen LogP contribution in [0.5, 0.6) is 11.5 Å². The van der Waals surface area contributed by atoms with Gasteiger partial charge in [0.2, 0.25) is 0 Å². The molecule has 0 N–H and O–H groups in total. The summed E-state index contributed by atoms with van der Waals surface area (Å²) in [6, 6.07) is 16.1. The summed E-state index contributed by atoms with van der Waals surface area (Å²) in [6.07, 6.45) is 3.50. The normalized spacial score (nSPS) is 12.0. The van der Waals surface area contributed by atoms with E-state index in [0.717, 1.165) is 43.1 Å². The van der Waals surface area contributed by atoms with Crippen molar-refractivity contribution in [2.24, 2.45) is 10.3 Å². The molecule has 0 unspecified atom stereocenters. The second-order valence-electron chi connectivity index (χ2n) is 6.52. The number of oxime groups is 2. The van der Waals surface area contributed by atoms with Gasteiger partial charge in [-0.3, -0.25) is 4.90 Å². The Morgan fingerprint density at radius 2 is 1.41 bits per heavy atom. The van der Waals surface area contributed by atoms with Gasteiger partial charge >= 0.3 is 0 Å². The van der Waals surface area contributed by atoms with Gasteiger partial charge in [-0.2, -0.15) is 0 Å². The van der Waals surface area contributed by atoms with Crippen molar-refractivity contribution in [3.05, 3.63) is 59.7 Å². The molecule has 0 aliphatic rings. The maximum Gasteiger partial charge on any atom is 0.157 e. The lowest BCUT2D eigenvalue weighted by atomic mass is 10.1. The Bertz CT molecular complexity index is 737. The minimum atomic E-state index is 0.752. The van der Waals surface area contributed by atoms with Crippen molar-refractivity contribution in [1.29, 1.82) is 0 Å². The van der Waals surface area contributed by atoms with Crippen LogP contribution in [0.3, 0.4) is 0 Å². The first kappa shape index (κ1) is 20.6. The van der Waals surface area contributed by atoms with Crippen molar-refractivity contribution in [1.82, 2.24) is 4.90 Å². The van der Waals surface area contributed by atoms with Crippen molar-refractivity contribution in [2.75, 3.05) is 7.05 Å². The van der Waals surface area contributed by atoms with Gasteiger partial charge in [-0.05, 0) is 62.2 Å². The quantitative estimate of drug-likeness (QED) is 0.425. The Morgan fingerprint density at radius 3 is 1.89 bits per heavy atom. The summed E-state index contributed by atoms with van der Waals surface area (Å²) < 4.78 is 0. The monoisotopic (exact) mass is 367 g/mol. The van der Waals surface area contributed by atoms with Crippen LogP contribution < -0.4 is 9.68 Å². The van der Waals surface area contributed by atoms with Gasteiger partial charge in [0.25, 0.3) is 0 Å². The van der Waals surface area contributed by atoms with Crippen LogP contribution in [0, 0.1) is 0 Å². The molecule has 2 aromatic rings. The summed E-state index contributed by atoms with van der Waals surface area (Å²) in [4.78, 5) is 13.0. The van der Waals surface area contributed by atoms with E-state index in [-0.39, 0.29) is 0 Å². The van der Waals surface area contributed by atoms with Crippen LogP contribution in [0.1, 0.15) is 44.7 Å². The second-order valence-corrected chi connectivity index (χ2v) is 6.52. The van der Waals surface area contributed by atoms with Gasteiger partial charge in [-0.25, -0.2) is 0 Å². The highest BCUT2D eigenvalue weighted by molar-refractivity contribution is 5.81. The lowest BCUT2D eigenvalue weighted by Crippen LogP contribution is -2.17. The first-order valence-corrected chi connectivity index (χ1v) is 9.36. The minimum absolute atomic E-state index is 0.752. The summed E-state index contributed by atoms with van der Waals surface area (Å²) in [5, 5.41) is 7.96. The van der Waals surface area contributed by atoms with E-state index >= 15 is 0 Å². The SMILES string of the molecule is CC/C=N/Oc1ccc(CN(C)Cc2ccc(O/N=C(\C)CC)cc2)cc1. The third-order valence-corrected chi connectivity index (χ3v) is 3.99. The molecule has 0 atom stereocenters. The molecular weight excluding hydrogens is 338 g/mol. The van der Waals surface area contributed by atoms with Gasteiger partial charge in [-0.1, -0.05) is 48.4 Å². The minimum Gasteiger partial charge on any atom is -0.357 e. The predicted octanol–water partition coefficient (Wildman–Crippen LogP) is 5.26. The highest BCUT2D eigenvalue weighted by atomic mass is 16.6. The fourth-order valence-electron chi connectivity index (χ4n) is 2.36. The zero-order valence-electron chi connectivity index (χ0n) is 16.7. The molecule has 0 radical (unpaired) electrons. The second kappa shape index (κ2) is 11.1. The molecule has 0 fully saturated rings. The molecule has 0 amide bonds. The molecular formula is C22H29N3O2. The van der Waals surface area contributed by atoms with E-state index in [2.05, 4.69) is 53.4 Å². The fraction of sp³-hybridized carbons (Fsp3) is 0.364. The van der Waals surface area contributed by atoms with Crippen molar-refractivity contribution in [2.45, 2.75) is 46.7 Å². The summed E-state index contributed by atoms with van der Waals surface area (Å²) in [6.45, 7) is 7.75. The Hall–Kier alpha value is -2.66. The third kappa shape index (κ3) is 7.62. The number of rotatable bonds is 10. The van der Waals surface area contributed by atoms with Crippen LogP contribution in [0.2, 0.25) is 0 Å². The molecule has 0 aliphatic heterocycles. The van der Waals surface area contributed by atoms with Gasteiger partial charge < -0.3 is 9.68 Å². The maximum absolute atomic E-state index is 5.41. The van der Waals surface area contributed by atoms with Crippen molar-refractivity contribution >= 4 is 11.9 Å². The van der Waals surface area contributed by atoms with Gasteiger partial charge in [0.05, 0.1) is 5.71 Å². The Labute approximate surface area is 162 Å². The van der Waals surface area contributed by atoms with Crippen LogP contribution in [-0.4, -0.2) is 23.9 Å². The van der Waals surface area contributed by atoms with E-state index < -0.39 is 0 Å². The molecule has 144 valence electrons. The fourth-order valence-corrected chi connectivity index (χ4v) is 2.36. The molecule has 27 heavy (non-hydrogen) atoms. The van der Waals surface area contributed by atoms with Crippen LogP contribution in [-0.2, 0) is 13.1 Å². The van der Waals surface area contributed by atoms with Gasteiger partial charge in [0, 0.05) is 19.3 Å². The van der Waals surface area contributed by atoms with Gasteiger partial charge in [-0.15, -0.1) is 0 Å². The first-order chi connectivity index (χ1) is 13.1. The molecule has 0 aliphatic carbocycles. The topological polar surface area (TPSA) is 46.4 Å². The lowest BCUT2D eigenvalue weighted by Gasteiger charge is -2.17. The van der Waals surface area contributed by atoms with Crippen molar-refractivity contribution in [3.8, 4) is 11.5 Å². The molecule has 5 nitrogen and oxygen atoms in total. The molecule has 5 heteroatoms. The number of nitrogens with zero attached hydrogens (tertiary/aromatic N) is 3. The van der Waals surface area contributed by atoms with Gasteiger partial charge in [0.15, 0.2) is 11.5 Å². The van der Waals surface area contributed by atoms with Crippen LogP contribution >= 0.6 is 0 Å². The smallest absolute Gasteiger partial charge is 0.157 e. The lowest BCUT2D eigenvalue weighted by molar-refractivity contribution is 0.317. The summed E-state index contributed by atoms with van der Waals surface area (Å²) in [5.41, 5.74) is 3.44. The zero-order chi connectivity index (χ0) is 19.5. The maximum atomic E-state index is 5.41. The van der Waals surface area contributed by atoms with Crippen LogP contribution in [0.4, 0.5) is 0 Å². The highest BCUT2D eigenvalue weighted by Gasteiger charge is 2.04.